The first-order valence-electron chi connectivity index (χ1n) is 10.9. The third-order valence-electron chi connectivity index (χ3n) is 4.89. The molecule has 0 aliphatic heterocycles. The summed E-state index contributed by atoms with van der Waals surface area (Å²) in [6, 6.07) is 0. The molecule has 176 valence electrons. The van der Waals surface area contributed by atoms with Gasteiger partial charge in [-0.3, -0.25) is 4.79 Å². The highest BCUT2D eigenvalue weighted by Gasteiger charge is 2.43. The lowest BCUT2D eigenvalue weighted by atomic mass is 10.1. The van der Waals surface area contributed by atoms with E-state index in [4.69, 9.17) is 14.9 Å². The predicted molar refractivity (Wildman–Crippen MR) is 115 cm³/mol. The molecule has 31 heavy (non-hydrogen) atoms. The Bertz CT molecular complexity index is 619. The number of aliphatic hydroxyl groups is 2. The van der Waals surface area contributed by atoms with Crippen molar-refractivity contribution in [2.45, 2.75) is 64.1 Å². The van der Waals surface area contributed by atoms with Gasteiger partial charge in [-0.05, 0) is 50.4 Å². The summed E-state index contributed by atoms with van der Waals surface area (Å²) in [4.78, 5) is 11.8. The molecule has 1 saturated carbocycles. The first kappa shape index (κ1) is 27.2. The maximum atomic E-state index is 12.0. The van der Waals surface area contributed by atoms with Crippen molar-refractivity contribution >= 4 is 5.97 Å². The molecule has 0 heterocycles. The quantitative estimate of drug-likeness (QED) is 0.205. The van der Waals surface area contributed by atoms with Crippen molar-refractivity contribution in [3.8, 4) is 0 Å². The van der Waals surface area contributed by atoms with Crippen LogP contribution in [0.1, 0.15) is 51.9 Å². The molecule has 0 spiro atoms. The summed E-state index contributed by atoms with van der Waals surface area (Å²) in [5.41, 5.74) is 0. The zero-order chi connectivity index (χ0) is 23.1. The summed E-state index contributed by atoms with van der Waals surface area (Å²) >= 11 is 0. The van der Waals surface area contributed by atoms with E-state index in [1.54, 1.807) is 0 Å². The molecule has 1 rings (SSSR count). The molecule has 0 saturated heterocycles. The van der Waals surface area contributed by atoms with E-state index in [0.717, 1.165) is 19.3 Å². The molecule has 0 aromatic heterocycles. The van der Waals surface area contributed by atoms with Crippen molar-refractivity contribution in [3.05, 3.63) is 48.6 Å². The Hall–Kier alpha value is -1.86. The van der Waals surface area contributed by atoms with Crippen LogP contribution in [-0.4, -0.2) is 41.7 Å². The van der Waals surface area contributed by atoms with Gasteiger partial charge >= 0.3 is 12.1 Å². The highest BCUT2D eigenvalue weighted by molar-refractivity contribution is 5.76. The van der Waals surface area contributed by atoms with Crippen molar-refractivity contribution in [1.82, 2.24) is 0 Å². The van der Waals surface area contributed by atoms with E-state index in [2.05, 4.69) is 18.2 Å². The minimum atomic E-state index is -4.05. The van der Waals surface area contributed by atoms with Crippen molar-refractivity contribution in [3.63, 3.8) is 0 Å². The molecule has 0 bridgehead atoms. The molecule has 3 atom stereocenters. The van der Waals surface area contributed by atoms with Gasteiger partial charge in [0.15, 0.2) is 0 Å². The van der Waals surface area contributed by atoms with E-state index in [1.807, 2.05) is 37.3 Å². The Labute approximate surface area is 183 Å². The maximum Gasteiger partial charge on any atom is 0.389 e. The molecule has 1 aliphatic rings. The van der Waals surface area contributed by atoms with Crippen LogP contribution in [0.2, 0.25) is 0 Å². The lowest BCUT2D eigenvalue weighted by Crippen LogP contribution is -2.26. The molecular formula is C24H35F3O4. The number of ether oxygens (including phenoxy) is 1. The summed E-state index contributed by atoms with van der Waals surface area (Å²) in [5, 5.41) is 17.9. The number of allylic oxidation sites excluding steroid dienone is 8. The average Bonchev–Trinajstić information content (AvgIpc) is 3.49. The Morgan fingerprint density at radius 2 is 1.68 bits per heavy atom. The Morgan fingerprint density at radius 1 is 1.03 bits per heavy atom. The largest absolute Gasteiger partial charge is 0.457 e. The van der Waals surface area contributed by atoms with E-state index in [-0.39, 0.29) is 43.4 Å². The smallest absolute Gasteiger partial charge is 0.389 e. The van der Waals surface area contributed by atoms with Gasteiger partial charge in [0.05, 0.1) is 19.1 Å². The molecule has 0 aromatic carbocycles. The number of unbranched alkanes of at least 4 members (excludes halogenated alkanes) is 2. The number of rotatable bonds is 15. The Kier molecular flexibility index (Phi) is 13.2. The van der Waals surface area contributed by atoms with Gasteiger partial charge in [0.25, 0.3) is 0 Å². The average molecular weight is 445 g/mol. The second-order valence-electron chi connectivity index (χ2n) is 7.88. The SMILES string of the molecule is C[C@H](/C=C\C/C=C\C/C=C\[C@H]1C[C@@H]1C(=O)OC(CO)CO)/C=C\CCCCC(F)(F)F. The third kappa shape index (κ3) is 13.9. The molecular weight excluding hydrogens is 409 g/mol. The molecule has 4 nitrogen and oxygen atoms in total. The van der Waals surface area contributed by atoms with Crippen LogP contribution < -0.4 is 0 Å². The fraction of sp³-hybridized carbons (Fsp3) is 0.625. The zero-order valence-corrected chi connectivity index (χ0v) is 18.1. The molecule has 1 aliphatic carbocycles. The molecule has 0 aromatic rings. The van der Waals surface area contributed by atoms with E-state index < -0.39 is 18.7 Å². The van der Waals surface area contributed by atoms with Crippen LogP contribution in [0.15, 0.2) is 48.6 Å². The molecule has 1 fully saturated rings. The number of carbonyl (C=O) groups excluding carboxylic acids is 1. The van der Waals surface area contributed by atoms with Gasteiger partial charge in [0, 0.05) is 6.42 Å². The predicted octanol–water partition coefficient (Wildman–Crippen LogP) is 5.28. The van der Waals surface area contributed by atoms with Gasteiger partial charge in [-0.25, -0.2) is 0 Å². The highest BCUT2D eigenvalue weighted by Crippen LogP contribution is 2.40. The normalized spacial score (nSPS) is 20.6. The topological polar surface area (TPSA) is 66.8 Å². The van der Waals surface area contributed by atoms with Crippen LogP contribution in [0.3, 0.4) is 0 Å². The number of hydrogen-bond acceptors (Lipinski definition) is 4. The summed E-state index contributed by atoms with van der Waals surface area (Å²) in [6.45, 7) is 1.28. The van der Waals surface area contributed by atoms with Gasteiger partial charge in [0.2, 0.25) is 0 Å². The number of esters is 1. The first-order valence-corrected chi connectivity index (χ1v) is 10.9. The number of aliphatic hydroxyl groups excluding tert-OH is 2. The van der Waals surface area contributed by atoms with Crippen LogP contribution in [0.4, 0.5) is 13.2 Å². The molecule has 0 amide bonds. The van der Waals surface area contributed by atoms with Crippen LogP contribution in [0, 0.1) is 17.8 Å². The second-order valence-corrected chi connectivity index (χ2v) is 7.88. The van der Waals surface area contributed by atoms with E-state index in [1.165, 1.54) is 0 Å². The summed E-state index contributed by atoms with van der Waals surface area (Å²) < 4.78 is 41.1. The first-order chi connectivity index (χ1) is 14.8. The lowest BCUT2D eigenvalue weighted by Gasteiger charge is -2.11. The van der Waals surface area contributed by atoms with Crippen LogP contribution in [0.25, 0.3) is 0 Å². The molecule has 2 N–H and O–H groups in total. The van der Waals surface area contributed by atoms with Gasteiger partial charge in [-0.2, -0.15) is 13.2 Å². The van der Waals surface area contributed by atoms with Crippen molar-refractivity contribution in [1.29, 1.82) is 0 Å². The lowest BCUT2D eigenvalue weighted by molar-refractivity contribution is -0.155. The minimum absolute atomic E-state index is 0.167. The molecule has 0 unspecified atom stereocenters. The fourth-order valence-corrected chi connectivity index (χ4v) is 2.94. The number of hydrogen-bond donors (Lipinski definition) is 2. The van der Waals surface area contributed by atoms with E-state index >= 15 is 0 Å². The fourth-order valence-electron chi connectivity index (χ4n) is 2.94. The Morgan fingerprint density at radius 3 is 2.32 bits per heavy atom. The van der Waals surface area contributed by atoms with Gasteiger partial charge in [-0.15, -0.1) is 0 Å². The van der Waals surface area contributed by atoms with Crippen LogP contribution in [0.5, 0.6) is 0 Å². The molecule has 0 radical (unpaired) electrons. The third-order valence-corrected chi connectivity index (χ3v) is 4.89. The number of carbonyl (C=O) groups is 1. The minimum Gasteiger partial charge on any atom is -0.457 e. The van der Waals surface area contributed by atoms with Crippen molar-refractivity contribution in [2.75, 3.05) is 13.2 Å². The maximum absolute atomic E-state index is 12.0. The van der Waals surface area contributed by atoms with Gasteiger partial charge < -0.3 is 14.9 Å². The highest BCUT2D eigenvalue weighted by atomic mass is 19.4. The van der Waals surface area contributed by atoms with Gasteiger partial charge in [0.1, 0.15) is 6.10 Å². The van der Waals surface area contributed by atoms with E-state index in [0.29, 0.717) is 12.8 Å². The summed E-state index contributed by atoms with van der Waals surface area (Å²) in [6.07, 6.45) is 14.3. The number of alkyl halides is 3. The Balaban J connectivity index is 2.10. The summed E-state index contributed by atoms with van der Waals surface area (Å²) in [7, 11) is 0. The van der Waals surface area contributed by atoms with Crippen molar-refractivity contribution < 1.29 is 32.9 Å². The zero-order valence-electron chi connectivity index (χ0n) is 18.1. The number of halogens is 3. The standard InChI is InChI=1S/C24H35F3O4/c1-19(13-9-6-7-11-15-24(25,26)27)12-8-4-2-3-5-10-14-20-16-22(20)23(30)31-21(17-28)18-29/h2-3,8-10,12-14,19-22,28-29H,4-7,11,15-18H2,1H3/b3-2-,12-8-,13-9-,14-10-/t19-,20+,22+/m1/s1. The molecule has 7 heteroatoms. The summed E-state index contributed by atoms with van der Waals surface area (Å²) in [5.74, 6) is -0.130. The van der Waals surface area contributed by atoms with Gasteiger partial charge in [-0.1, -0.05) is 55.5 Å². The van der Waals surface area contributed by atoms with E-state index in [9.17, 15) is 18.0 Å². The van der Waals surface area contributed by atoms with Crippen LogP contribution in [-0.2, 0) is 9.53 Å². The second kappa shape index (κ2) is 15.0. The van der Waals surface area contributed by atoms with Crippen molar-refractivity contribution in [2.24, 2.45) is 17.8 Å². The van der Waals surface area contributed by atoms with Crippen LogP contribution >= 0.6 is 0 Å². The monoisotopic (exact) mass is 444 g/mol.